The molecule has 0 spiro atoms. The molecular weight excluding hydrogens is 1890 g/mol. The van der Waals surface area contributed by atoms with Crippen LogP contribution in [0.1, 0.15) is 119 Å². The number of aromatic carboxylic acids is 1. The molecule has 3 fully saturated rings. The summed E-state index contributed by atoms with van der Waals surface area (Å²) in [4.78, 5) is 32.9. The topological polar surface area (TPSA) is 366 Å². The van der Waals surface area contributed by atoms with Crippen LogP contribution in [-0.4, -0.2) is 103 Å². The van der Waals surface area contributed by atoms with Crippen molar-refractivity contribution in [1.82, 2.24) is 0 Å². The zero-order valence-corrected chi connectivity index (χ0v) is 69.7. The van der Waals surface area contributed by atoms with Crippen molar-refractivity contribution in [3.05, 3.63) is 166 Å². The van der Waals surface area contributed by atoms with E-state index in [1.54, 1.807) is 24.3 Å². The van der Waals surface area contributed by atoms with Crippen LogP contribution in [0.2, 0.25) is 0 Å². The van der Waals surface area contributed by atoms with Crippen LogP contribution in [0.4, 0.5) is 61.5 Å². The van der Waals surface area contributed by atoms with Gasteiger partial charge in [-0.1, -0.05) is 89.5 Å². The molecule has 3 aliphatic carbocycles. The summed E-state index contributed by atoms with van der Waals surface area (Å²) in [5.74, 6) is -1.90. The van der Waals surface area contributed by atoms with Gasteiger partial charge in [-0.3, -0.25) is 9.59 Å². The van der Waals surface area contributed by atoms with Crippen LogP contribution in [-0.2, 0) is 54.0 Å². The molecule has 3 saturated carbocycles. The summed E-state index contributed by atoms with van der Waals surface area (Å²) in [5, 5.41) is 44.2. The Morgan fingerprint density at radius 3 is 0.950 bits per heavy atom. The predicted octanol–water partition coefficient (Wildman–Crippen LogP) is 15.0. The van der Waals surface area contributed by atoms with Crippen molar-refractivity contribution in [2.45, 2.75) is 155 Å². The van der Waals surface area contributed by atoms with Crippen LogP contribution in [0, 0.1) is 22.7 Å². The predicted molar refractivity (Wildman–Crippen MR) is 399 cm³/mol. The molecule has 0 unspecified atom stereocenters. The van der Waals surface area contributed by atoms with Crippen molar-refractivity contribution in [3.8, 4) is 92.6 Å². The zero-order chi connectivity index (χ0) is 82.4. The van der Waals surface area contributed by atoms with E-state index in [9.17, 15) is 75.8 Å². The number of rotatable bonds is 10. The number of ether oxygens (including phenoxy) is 14. The maximum Gasteiger partial charge on any atom is 1.00 e. The molecule has 0 radical (unpaired) electrons. The van der Waals surface area contributed by atoms with Crippen LogP contribution in [0.3, 0.4) is 0 Å². The molecule has 17 rings (SSSR count). The summed E-state index contributed by atoms with van der Waals surface area (Å²) >= 11 is 19.3. The molecule has 7 aromatic rings. The Hall–Kier alpha value is -7.05. The average molecular weight is 1960 g/mol. The van der Waals surface area contributed by atoms with E-state index < -0.39 is 86.7 Å². The Balaban J connectivity index is 0.00000135. The smallest absolute Gasteiger partial charge is 0.870 e. The van der Waals surface area contributed by atoms with Gasteiger partial charge < -0.3 is 92.6 Å². The molecule has 7 aliphatic heterocycles. The number of carboxylic acid groups (broad SMARTS) is 2. The van der Waals surface area contributed by atoms with Gasteiger partial charge in [0.1, 0.15) is 0 Å². The van der Waals surface area contributed by atoms with Crippen molar-refractivity contribution in [2.24, 2.45) is 0 Å². The van der Waals surface area contributed by atoms with E-state index in [0.717, 1.165) is 41.9 Å². The second-order valence-corrected chi connectivity index (χ2v) is 27.9. The standard InChI is InChI=1S/C11H7ClF2O3.C11H7F2NO2.C11H8F2O4.C9H5F2NO2.C8H5ClF2O2.C8H4F2O4.C8H6F2O3.C2H4BrCl.5CH4.Cl2OS.K.Na.2H2O/c12-9(15)10(3-4-10)6-1-2-7-8(5-6)17-11(13,14)16-7;12-11(13)15-8-2-1-7(5-9(8)16-11)10(6-14)3-4-10;12-11(13)16-7-2-1-6(5-8(7)17-11)10(3-4-10)9(14)15;10-9(11)13-7-2-1-6(3-4-12)5-8(7)14-9;9-4-5-1-2-6-7(3-5)13-8(10,11)12-6;9-8(10)13-5-2-1-4(7(11)12)3-6(5)14-8;9-8(10)12-6-2-1-5(4-11)3-7(6)13-8;3-1-2-4;;;;;;1-4(2)3;;;;/h1-2,5H,3-4H2;1-2,5H,3-4H2;1-2,5H,3-4H2,(H,14,15);1-2,5H,3H2;1-3H,4H2;1-3H,(H,11,12);1-3,11H,4H2;1-2H2;5*1H4;;;;2*1H2/q;;;;;;;;;;;;;;2*+1;;/p-2. The molecule has 7 heterocycles. The summed E-state index contributed by atoms with van der Waals surface area (Å²) < 4.78 is 245. The third-order valence-electron chi connectivity index (χ3n) is 15.8. The fourth-order valence-corrected chi connectivity index (χ4v) is 10.7. The number of aliphatic hydroxyl groups excluding tert-OH is 1. The Bertz CT molecular complexity index is 4670. The van der Waals surface area contributed by atoms with Crippen LogP contribution in [0.5, 0.6) is 80.5 Å². The van der Waals surface area contributed by atoms with E-state index in [1.165, 1.54) is 84.9 Å². The second kappa shape index (κ2) is 45.7. The first-order chi connectivity index (χ1) is 52.3. The SMILES string of the molecule is C.C.C.C.C.ClCCBr.FC1(F)Oc2ccc(CCl)cc2O1.N#CC1(c2ccc3c(c2)OC(F)(F)O3)CC1.N#CCc1ccc2c(c1)OC(F)(F)O2.O=C(Cl)C1(c2ccc3c(c2)OC(F)(F)O3)CC1.O=C(O)C1(c2ccc3c(c2)OC(F)(F)O3)CC1.O=C(O)c1ccc2c(c1)OC(F)(F)O2.O=S(Cl)Cl.OCc1ccc2c(c1)OC(F)(F)O2.[K+].[Na+].[OH-].[OH-]. The number of hydrogen-bond acceptors (Lipinski definition) is 23. The Labute approximate surface area is 780 Å². The Morgan fingerprint density at radius 2 is 0.678 bits per heavy atom. The van der Waals surface area contributed by atoms with Gasteiger partial charge in [-0.05, 0) is 175 Å². The Kier molecular flexibility index (Phi) is 43.1. The minimum atomic E-state index is -3.71. The van der Waals surface area contributed by atoms with Gasteiger partial charge in [0.25, 0.3) is 0 Å². The molecule has 121 heavy (non-hydrogen) atoms. The van der Waals surface area contributed by atoms with Crippen LogP contribution in [0.25, 0.3) is 0 Å². The normalized spacial score (nSPS) is 17.4. The third-order valence-corrected chi connectivity index (χ3v) is 17.6. The summed E-state index contributed by atoms with van der Waals surface area (Å²) in [6, 6.07) is 33.2. The number of carboxylic acids is 2. The minimum Gasteiger partial charge on any atom is -0.870 e. The van der Waals surface area contributed by atoms with Crippen LogP contribution in [0.15, 0.2) is 127 Å². The fourth-order valence-electron chi connectivity index (χ4n) is 10.2. The van der Waals surface area contributed by atoms with Gasteiger partial charge in [0.2, 0.25) is 14.5 Å². The number of aliphatic carboxylic acids is 1. The molecule has 0 saturated heterocycles. The monoisotopic (exact) mass is 1950 g/mol. The number of nitrogens with zero attached hydrogens (tertiary/aromatic N) is 2. The van der Waals surface area contributed by atoms with Crippen molar-refractivity contribution >= 4 is 98.5 Å². The number of hydrogen-bond donors (Lipinski definition) is 3. The molecule has 0 atom stereocenters. The number of fused-ring (bicyclic) bond motifs is 7. The first-order valence-corrected chi connectivity index (χ1v) is 36.5. The van der Waals surface area contributed by atoms with Crippen molar-refractivity contribution in [1.29, 1.82) is 10.5 Å². The summed E-state index contributed by atoms with van der Waals surface area (Å²) in [7, 11) is 7.36. The molecular formula is C73H68BrCl5F14KN2NaO23S. The molecule has 10 aliphatic rings. The van der Waals surface area contributed by atoms with Gasteiger partial charge in [-0.2, -0.15) is 10.5 Å². The molecule has 5 N–H and O–H groups in total. The number of aliphatic hydroxyl groups is 1. The van der Waals surface area contributed by atoms with E-state index in [1.807, 2.05) is 6.07 Å². The van der Waals surface area contributed by atoms with Crippen LogP contribution < -0.4 is 147 Å². The molecule has 0 aromatic heterocycles. The second-order valence-electron chi connectivity index (χ2n) is 23.6. The van der Waals surface area contributed by atoms with Gasteiger partial charge >= 0.3 is 137 Å². The third kappa shape index (κ3) is 30.4. The number of alkyl halides is 17. The summed E-state index contributed by atoms with van der Waals surface area (Å²) in [5.41, 5.74) is 1.32. The molecule has 7 aromatic carbocycles. The number of carbonyl (C=O) groups is 3. The van der Waals surface area contributed by atoms with Gasteiger partial charge in [-0.25, -0.2) is 9.00 Å². The van der Waals surface area contributed by atoms with E-state index in [2.05, 4.69) is 110 Å². The van der Waals surface area contributed by atoms with E-state index in [0.29, 0.717) is 59.4 Å². The van der Waals surface area contributed by atoms with Crippen molar-refractivity contribution in [3.63, 3.8) is 0 Å². The summed E-state index contributed by atoms with van der Waals surface area (Å²) in [6.07, 6.45) is -21.4. The van der Waals surface area contributed by atoms with Crippen molar-refractivity contribution in [2.75, 3.05) is 11.2 Å². The maximum atomic E-state index is 12.8. The molecule has 656 valence electrons. The largest absolute Gasteiger partial charge is 1.00 e. The quantitative estimate of drug-likeness (QED) is 0.0495. The number of halogens is 20. The average Bonchev–Trinajstić information content (AvgIpc) is 1.59. The number of carbonyl (C=O) groups excluding carboxylic acids is 1. The van der Waals surface area contributed by atoms with Crippen molar-refractivity contribution < 1.29 is 254 Å². The number of nitriles is 2. The molecule has 25 nitrogen and oxygen atoms in total. The van der Waals surface area contributed by atoms with E-state index in [4.69, 9.17) is 64.9 Å². The first-order valence-electron chi connectivity index (χ1n) is 31.1. The summed E-state index contributed by atoms with van der Waals surface area (Å²) in [6.45, 7) is -0.220. The molecule has 48 heteroatoms. The van der Waals surface area contributed by atoms with Gasteiger partial charge in [0.15, 0.2) is 80.5 Å². The Morgan fingerprint density at radius 1 is 0.421 bits per heavy atom. The van der Waals surface area contributed by atoms with E-state index in [-0.39, 0.29) is 234 Å². The zero-order valence-electron chi connectivity index (χ0n) is 58.3. The maximum absolute atomic E-state index is 12.8. The van der Waals surface area contributed by atoms with Crippen LogP contribution >= 0.6 is 72.1 Å². The van der Waals surface area contributed by atoms with E-state index >= 15 is 0 Å². The number of benzene rings is 7. The first kappa shape index (κ1) is 114. The fraction of sp³-hybridized carbons (Fsp3) is 0.356. The molecule has 0 amide bonds. The molecule has 0 bridgehead atoms. The minimum absolute atomic E-state index is 0. The van der Waals surface area contributed by atoms with Gasteiger partial charge in [0.05, 0.1) is 47.0 Å². The van der Waals surface area contributed by atoms with Gasteiger partial charge in [0, 0.05) is 38.5 Å². The van der Waals surface area contributed by atoms with Gasteiger partial charge in [-0.15, -0.1) is 84.7 Å².